The average molecular weight is 310 g/mol. The first kappa shape index (κ1) is 15.0. The zero-order valence-corrected chi connectivity index (χ0v) is 12.4. The normalized spacial score (nSPS) is 11.3. The molecule has 0 aromatic heterocycles. The maximum Gasteiger partial charge on any atom is 0.218 e. The van der Waals surface area contributed by atoms with Crippen LogP contribution in [0.4, 0.5) is 5.69 Å². The molecule has 0 radical (unpaired) electrons. The van der Waals surface area contributed by atoms with Gasteiger partial charge in [-0.15, -0.1) is 0 Å². The standard InChI is InChI=1S/C15H20BrNO/c1-2-3-4-6-11-15(12-16)17(13-18)14-9-7-5-8-10-14/h5,7-10,12-13H,2-4,6,11H2,1H3/b15-12+. The maximum atomic E-state index is 11.3. The molecule has 1 rings (SSSR count). The molecule has 0 saturated carbocycles. The highest BCUT2D eigenvalue weighted by Gasteiger charge is 2.09. The number of nitrogens with zero attached hydrogens (tertiary/aromatic N) is 1. The van der Waals surface area contributed by atoms with Crippen LogP contribution in [0, 0.1) is 0 Å². The minimum absolute atomic E-state index is 0.877. The molecule has 0 saturated heterocycles. The molecule has 0 heterocycles. The molecule has 3 heteroatoms. The third kappa shape index (κ3) is 4.65. The molecule has 0 atom stereocenters. The zero-order valence-electron chi connectivity index (χ0n) is 10.8. The quantitative estimate of drug-likeness (QED) is 0.496. The lowest BCUT2D eigenvalue weighted by Crippen LogP contribution is -2.19. The number of para-hydroxylation sites is 1. The van der Waals surface area contributed by atoms with Gasteiger partial charge in [0.1, 0.15) is 0 Å². The topological polar surface area (TPSA) is 20.3 Å². The van der Waals surface area contributed by atoms with Crippen molar-refractivity contribution in [1.29, 1.82) is 0 Å². The third-order valence-electron chi connectivity index (χ3n) is 2.86. The number of unbranched alkanes of at least 4 members (excludes halogenated alkanes) is 3. The van der Waals surface area contributed by atoms with Crippen molar-refractivity contribution in [3.63, 3.8) is 0 Å². The molecule has 2 nitrogen and oxygen atoms in total. The van der Waals surface area contributed by atoms with Crippen LogP contribution in [0.1, 0.15) is 39.0 Å². The fraction of sp³-hybridized carbons (Fsp3) is 0.400. The van der Waals surface area contributed by atoms with Gasteiger partial charge >= 0.3 is 0 Å². The largest absolute Gasteiger partial charge is 0.287 e. The van der Waals surface area contributed by atoms with Crippen molar-refractivity contribution in [2.45, 2.75) is 39.0 Å². The SMILES string of the molecule is CCCCCC/C(=C\Br)N(C=O)c1ccccc1. The first-order chi connectivity index (χ1) is 8.83. The van der Waals surface area contributed by atoms with E-state index in [1.54, 1.807) is 4.90 Å². The minimum atomic E-state index is 0.877. The lowest BCUT2D eigenvalue weighted by molar-refractivity contribution is -0.107. The van der Waals surface area contributed by atoms with Crippen molar-refractivity contribution in [1.82, 2.24) is 0 Å². The van der Waals surface area contributed by atoms with Gasteiger partial charge in [-0.3, -0.25) is 9.69 Å². The van der Waals surface area contributed by atoms with Crippen molar-refractivity contribution in [2.24, 2.45) is 0 Å². The number of hydrogen-bond acceptors (Lipinski definition) is 1. The monoisotopic (exact) mass is 309 g/mol. The van der Waals surface area contributed by atoms with Gasteiger partial charge in [-0.1, -0.05) is 60.3 Å². The number of carbonyl (C=O) groups is 1. The summed E-state index contributed by atoms with van der Waals surface area (Å²) in [7, 11) is 0. The van der Waals surface area contributed by atoms with Gasteiger partial charge in [0.2, 0.25) is 6.41 Å². The summed E-state index contributed by atoms with van der Waals surface area (Å²) in [5, 5.41) is 0. The number of benzene rings is 1. The Bertz CT molecular complexity index is 375. The average Bonchev–Trinajstić information content (AvgIpc) is 2.43. The van der Waals surface area contributed by atoms with Gasteiger partial charge in [0.05, 0.1) is 0 Å². The lowest BCUT2D eigenvalue weighted by Gasteiger charge is -2.20. The van der Waals surface area contributed by atoms with Gasteiger partial charge in [-0.05, 0) is 25.0 Å². The predicted octanol–water partition coefficient (Wildman–Crippen LogP) is 4.86. The Kier molecular flexibility index (Phi) is 7.42. The number of carbonyl (C=O) groups excluding carboxylic acids is 1. The molecular weight excluding hydrogens is 290 g/mol. The Hall–Kier alpha value is -1.09. The van der Waals surface area contributed by atoms with Gasteiger partial charge in [0, 0.05) is 16.4 Å². The van der Waals surface area contributed by atoms with Crippen LogP contribution in [0.15, 0.2) is 41.0 Å². The zero-order chi connectivity index (χ0) is 13.2. The van der Waals surface area contributed by atoms with E-state index in [4.69, 9.17) is 0 Å². The minimum Gasteiger partial charge on any atom is -0.287 e. The second kappa shape index (κ2) is 8.92. The number of halogens is 1. The van der Waals surface area contributed by atoms with E-state index in [0.29, 0.717) is 0 Å². The molecule has 0 fully saturated rings. The summed E-state index contributed by atoms with van der Waals surface area (Å²) in [5.74, 6) is 0. The van der Waals surface area contributed by atoms with E-state index in [1.165, 1.54) is 19.3 Å². The van der Waals surface area contributed by atoms with Crippen molar-refractivity contribution in [3.8, 4) is 0 Å². The van der Waals surface area contributed by atoms with E-state index in [0.717, 1.165) is 30.6 Å². The fourth-order valence-electron chi connectivity index (χ4n) is 1.84. The van der Waals surface area contributed by atoms with Gasteiger partial charge in [-0.25, -0.2) is 0 Å². The highest BCUT2D eigenvalue weighted by Crippen LogP contribution is 2.22. The van der Waals surface area contributed by atoms with Crippen LogP contribution in [0.2, 0.25) is 0 Å². The van der Waals surface area contributed by atoms with Crippen molar-refractivity contribution < 1.29 is 4.79 Å². The molecule has 98 valence electrons. The Morgan fingerprint density at radius 2 is 1.94 bits per heavy atom. The predicted molar refractivity (Wildman–Crippen MR) is 80.8 cm³/mol. The van der Waals surface area contributed by atoms with E-state index in [1.807, 2.05) is 35.3 Å². The Morgan fingerprint density at radius 1 is 1.22 bits per heavy atom. The number of hydrogen-bond donors (Lipinski definition) is 0. The molecule has 0 bridgehead atoms. The number of rotatable bonds is 8. The second-order valence-electron chi connectivity index (χ2n) is 4.22. The summed E-state index contributed by atoms with van der Waals surface area (Å²) in [4.78, 5) is 14.8. The highest BCUT2D eigenvalue weighted by atomic mass is 79.9. The van der Waals surface area contributed by atoms with Crippen LogP contribution in [0.3, 0.4) is 0 Å². The number of anilines is 1. The fourth-order valence-corrected chi connectivity index (χ4v) is 2.29. The summed E-state index contributed by atoms with van der Waals surface area (Å²) in [6, 6.07) is 9.71. The molecule has 1 aromatic rings. The summed E-state index contributed by atoms with van der Waals surface area (Å²) in [6.45, 7) is 2.20. The summed E-state index contributed by atoms with van der Waals surface area (Å²) >= 11 is 3.36. The van der Waals surface area contributed by atoms with Gasteiger partial charge in [0.15, 0.2) is 0 Å². The second-order valence-corrected chi connectivity index (χ2v) is 4.68. The maximum absolute atomic E-state index is 11.3. The smallest absolute Gasteiger partial charge is 0.218 e. The first-order valence-corrected chi connectivity index (χ1v) is 7.34. The Morgan fingerprint density at radius 3 is 2.50 bits per heavy atom. The molecule has 1 amide bonds. The number of amides is 1. The molecule has 18 heavy (non-hydrogen) atoms. The van der Waals surface area contributed by atoms with Crippen LogP contribution < -0.4 is 4.90 Å². The van der Waals surface area contributed by atoms with Crippen molar-refractivity contribution >= 4 is 28.0 Å². The molecule has 0 spiro atoms. The van der Waals surface area contributed by atoms with E-state index >= 15 is 0 Å². The van der Waals surface area contributed by atoms with E-state index < -0.39 is 0 Å². The van der Waals surface area contributed by atoms with Crippen molar-refractivity contribution in [2.75, 3.05) is 4.90 Å². The summed E-state index contributed by atoms with van der Waals surface area (Å²) < 4.78 is 0. The Balaban J connectivity index is 2.65. The van der Waals surface area contributed by atoms with E-state index in [-0.39, 0.29) is 0 Å². The number of allylic oxidation sites excluding steroid dienone is 1. The summed E-state index contributed by atoms with van der Waals surface area (Å²) in [5.41, 5.74) is 1.92. The van der Waals surface area contributed by atoms with Crippen LogP contribution in [-0.2, 0) is 4.79 Å². The lowest BCUT2D eigenvalue weighted by atomic mass is 10.1. The van der Waals surface area contributed by atoms with E-state index in [9.17, 15) is 4.79 Å². The molecular formula is C15H20BrNO. The molecule has 0 N–H and O–H groups in total. The van der Waals surface area contributed by atoms with Crippen LogP contribution in [0.5, 0.6) is 0 Å². The van der Waals surface area contributed by atoms with Gasteiger partial charge in [-0.2, -0.15) is 0 Å². The highest BCUT2D eigenvalue weighted by molar-refractivity contribution is 9.11. The first-order valence-electron chi connectivity index (χ1n) is 6.42. The van der Waals surface area contributed by atoms with Crippen molar-refractivity contribution in [3.05, 3.63) is 41.0 Å². The third-order valence-corrected chi connectivity index (χ3v) is 3.39. The molecule has 0 unspecified atom stereocenters. The molecule has 0 aliphatic heterocycles. The van der Waals surface area contributed by atoms with Crippen LogP contribution in [0.25, 0.3) is 0 Å². The van der Waals surface area contributed by atoms with Crippen LogP contribution >= 0.6 is 15.9 Å². The van der Waals surface area contributed by atoms with Gasteiger partial charge in [0.25, 0.3) is 0 Å². The summed E-state index contributed by atoms with van der Waals surface area (Å²) in [6.07, 6.45) is 6.59. The van der Waals surface area contributed by atoms with E-state index in [2.05, 4.69) is 22.9 Å². The Labute approximate surface area is 118 Å². The van der Waals surface area contributed by atoms with Gasteiger partial charge < -0.3 is 0 Å². The molecule has 1 aromatic carbocycles. The molecule has 0 aliphatic carbocycles. The molecule has 0 aliphatic rings. The van der Waals surface area contributed by atoms with Crippen LogP contribution in [-0.4, -0.2) is 6.41 Å².